The van der Waals surface area contributed by atoms with Crippen LogP contribution in [0.3, 0.4) is 0 Å². The van der Waals surface area contributed by atoms with E-state index in [0.717, 1.165) is 28.8 Å². The van der Waals surface area contributed by atoms with Gasteiger partial charge in [-0.05, 0) is 48.6 Å². The summed E-state index contributed by atoms with van der Waals surface area (Å²) < 4.78 is 6.73. The molecule has 6 heteroatoms. The average molecular weight is 448 g/mol. The van der Waals surface area contributed by atoms with E-state index in [1.54, 1.807) is 22.9 Å². The first-order chi connectivity index (χ1) is 15.9. The van der Waals surface area contributed by atoms with Gasteiger partial charge in [-0.1, -0.05) is 44.2 Å². The smallest absolute Gasteiger partial charge is 0.307 e. The molecule has 0 aliphatic rings. The lowest BCUT2D eigenvalue weighted by Gasteiger charge is -2.26. The monoisotopic (exact) mass is 447 g/mol. The maximum atomic E-state index is 12.5. The second-order valence-corrected chi connectivity index (χ2v) is 8.76. The summed E-state index contributed by atoms with van der Waals surface area (Å²) in [6.07, 6.45) is 4.63. The summed E-state index contributed by atoms with van der Waals surface area (Å²) in [6.45, 7) is 6.89. The quantitative estimate of drug-likeness (QED) is 0.456. The van der Waals surface area contributed by atoms with E-state index in [1.807, 2.05) is 42.6 Å². The van der Waals surface area contributed by atoms with E-state index in [-0.39, 0.29) is 30.0 Å². The number of carbonyl (C=O) groups is 1. The molecule has 0 bridgehead atoms. The fraction of sp³-hybridized carbons (Fsp3) is 0.370. The van der Waals surface area contributed by atoms with E-state index in [9.17, 15) is 9.59 Å². The van der Waals surface area contributed by atoms with Gasteiger partial charge < -0.3 is 14.6 Å². The minimum atomic E-state index is -0.293. The number of aryl methyl sites for hydroxylation is 1. The molecule has 0 amide bonds. The predicted molar refractivity (Wildman–Crippen MR) is 131 cm³/mol. The Hall–Kier alpha value is -3.25. The molecule has 1 N–H and O–H groups in total. The molecule has 0 radical (unpaired) electrons. The first-order valence-corrected chi connectivity index (χ1v) is 11.4. The van der Waals surface area contributed by atoms with Gasteiger partial charge in [0.2, 0.25) is 0 Å². The molecule has 2 atom stereocenters. The Morgan fingerprint density at radius 1 is 1.12 bits per heavy atom. The molecule has 3 rings (SSSR count). The number of benzene rings is 1. The van der Waals surface area contributed by atoms with Crippen LogP contribution in [0.2, 0.25) is 0 Å². The lowest BCUT2D eigenvalue weighted by atomic mass is 9.98. The van der Waals surface area contributed by atoms with Crippen LogP contribution >= 0.6 is 0 Å². The van der Waals surface area contributed by atoms with E-state index < -0.39 is 0 Å². The zero-order chi connectivity index (χ0) is 23.8. The molecule has 2 unspecified atom stereocenters. The topological polar surface area (TPSA) is 73.2 Å². The number of aromatic nitrogens is 2. The van der Waals surface area contributed by atoms with Crippen LogP contribution in [-0.2, 0) is 9.53 Å². The Morgan fingerprint density at radius 3 is 2.58 bits per heavy atom. The average Bonchev–Trinajstić information content (AvgIpc) is 2.81. The Labute approximate surface area is 195 Å². The van der Waals surface area contributed by atoms with E-state index in [4.69, 9.17) is 4.74 Å². The van der Waals surface area contributed by atoms with Crippen LogP contribution < -0.4 is 10.9 Å². The SMILES string of the molecule is COC(=O)CC(NCC(CC(C)C)n1ccccc1=O)c1ccnc(-c2ccccc2C)c1. The van der Waals surface area contributed by atoms with E-state index in [1.165, 1.54) is 7.11 Å². The first kappa shape index (κ1) is 24.4. The molecule has 0 saturated heterocycles. The fourth-order valence-electron chi connectivity index (χ4n) is 4.09. The van der Waals surface area contributed by atoms with Gasteiger partial charge in [-0.25, -0.2) is 0 Å². The van der Waals surface area contributed by atoms with Gasteiger partial charge >= 0.3 is 5.97 Å². The number of esters is 1. The van der Waals surface area contributed by atoms with Crippen molar-refractivity contribution in [2.45, 2.75) is 45.7 Å². The second-order valence-electron chi connectivity index (χ2n) is 8.76. The number of carbonyl (C=O) groups excluding carboxylic acids is 1. The number of pyridine rings is 2. The number of nitrogens with one attached hydrogen (secondary N) is 1. The Kier molecular flexibility index (Phi) is 8.55. The minimum Gasteiger partial charge on any atom is -0.469 e. The summed E-state index contributed by atoms with van der Waals surface area (Å²) in [5.74, 6) is 0.121. The summed E-state index contributed by atoms with van der Waals surface area (Å²) in [7, 11) is 1.40. The van der Waals surface area contributed by atoms with Crippen LogP contribution in [0.25, 0.3) is 11.3 Å². The Bertz CT molecular complexity index is 1120. The van der Waals surface area contributed by atoms with E-state index in [2.05, 4.69) is 37.1 Å². The third-order valence-electron chi connectivity index (χ3n) is 5.79. The molecular weight excluding hydrogens is 414 g/mol. The molecule has 174 valence electrons. The zero-order valence-electron chi connectivity index (χ0n) is 19.8. The summed E-state index contributed by atoms with van der Waals surface area (Å²) >= 11 is 0. The van der Waals surface area contributed by atoms with Crippen molar-refractivity contribution in [2.24, 2.45) is 5.92 Å². The molecule has 33 heavy (non-hydrogen) atoms. The lowest BCUT2D eigenvalue weighted by Crippen LogP contribution is -2.35. The van der Waals surface area contributed by atoms with Crippen LogP contribution in [-0.4, -0.2) is 29.2 Å². The standard InChI is InChI=1S/C27H33N3O3/c1-19(2)15-22(30-14-8-7-11-26(30)31)18-29-24(17-27(32)33-4)21-12-13-28-25(16-21)23-10-6-5-9-20(23)3/h5-14,16,19,22,24,29H,15,17-18H2,1-4H3. The highest BCUT2D eigenvalue weighted by Crippen LogP contribution is 2.26. The molecule has 2 heterocycles. The van der Waals surface area contributed by atoms with E-state index in [0.29, 0.717) is 12.5 Å². The van der Waals surface area contributed by atoms with Gasteiger partial charge in [0.05, 0.1) is 19.2 Å². The van der Waals surface area contributed by atoms with Gasteiger partial charge in [-0.3, -0.25) is 14.6 Å². The van der Waals surface area contributed by atoms with Gasteiger partial charge in [0.15, 0.2) is 0 Å². The minimum absolute atomic E-state index is 0.0276. The normalized spacial score (nSPS) is 13.0. The Balaban J connectivity index is 1.89. The van der Waals surface area contributed by atoms with Gasteiger partial charge in [0.25, 0.3) is 5.56 Å². The van der Waals surface area contributed by atoms with Crippen molar-refractivity contribution in [3.8, 4) is 11.3 Å². The molecule has 0 aliphatic heterocycles. The fourth-order valence-corrected chi connectivity index (χ4v) is 4.09. The van der Waals surface area contributed by atoms with Crippen LogP contribution in [0.5, 0.6) is 0 Å². The Morgan fingerprint density at radius 2 is 1.88 bits per heavy atom. The third-order valence-corrected chi connectivity index (χ3v) is 5.79. The number of hydrogen-bond acceptors (Lipinski definition) is 5. The largest absolute Gasteiger partial charge is 0.469 e. The van der Waals surface area contributed by atoms with Crippen molar-refractivity contribution in [3.63, 3.8) is 0 Å². The maximum Gasteiger partial charge on any atom is 0.307 e. The van der Waals surface area contributed by atoms with Crippen molar-refractivity contribution >= 4 is 5.97 Å². The first-order valence-electron chi connectivity index (χ1n) is 11.4. The summed E-state index contributed by atoms with van der Waals surface area (Å²) in [4.78, 5) is 29.2. The van der Waals surface area contributed by atoms with E-state index >= 15 is 0 Å². The third kappa shape index (κ3) is 6.62. The molecule has 0 saturated carbocycles. The predicted octanol–water partition coefficient (Wildman–Crippen LogP) is 4.70. The molecule has 0 aliphatic carbocycles. The zero-order valence-corrected chi connectivity index (χ0v) is 19.8. The lowest BCUT2D eigenvalue weighted by molar-refractivity contribution is -0.141. The molecule has 0 spiro atoms. The molecule has 6 nitrogen and oxygen atoms in total. The van der Waals surface area contributed by atoms with Crippen molar-refractivity contribution < 1.29 is 9.53 Å². The van der Waals surface area contributed by atoms with Gasteiger partial charge in [-0.2, -0.15) is 0 Å². The number of rotatable bonds is 10. The second kappa shape index (κ2) is 11.6. The molecule has 3 aromatic rings. The number of methoxy groups -OCH3 is 1. The summed E-state index contributed by atoms with van der Waals surface area (Å²) in [5.41, 5.74) is 3.99. The maximum absolute atomic E-state index is 12.5. The van der Waals surface area contributed by atoms with Crippen molar-refractivity contribution in [1.29, 1.82) is 0 Å². The van der Waals surface area contributed by atoms with Crippen LogP contribution in [0.15, 0.2) is 71.8 Å². The number of hydrogen-bond donors (Lipinski definition) is 1. The summed E-state index contributed by atoms with van der Waals surface area (Å²) in [6, 6.07) is 17.0. The molecule has 2 aromatic heterocycles. The highest BCUT2D eigenvalue weighted by molar-refractivity contribution is 5.70. The van der Waals surface area contributed by atoms with Gasteiger partial charge in [0.1, 0.15) is 0 Å². The number of ether oxygens (including phenoxy) is 1. The van der Waals surface area contributed by atoms with Gasteiger partial charge in [-0.15, -0.1) is 0 Å². The van der Waals surface area contributed by atoms with Crippen molar-refractivity contribution in [2.75, 3.05) is 13.7 Å². The van der Waals surface area contributed by atoms with Crippen LogP contribution in [0.4, 0.5) is 0 Å². The molecular formula is C27H33N3O3. The van der Waals surface area contributed by atoms with Crippen LogP contribution in [0.1, 0.15) is 49.9 Å². The highest BCUT2D eigenvalue weighted by atomic mass is 16.5. The highest BCUT2D eigenvalue weighted by Gasteiger charge is 2.21. The van der Waals surface area contributed by atoms with Gasteiger partial charge in [0, 0.05) is 42.7 Å². The molecule has 0 fully saturated rings. The molecule has 1 aromatic carbocycles. The van der Waals surface area contributed by atoms with Crippen LogP contribution in [0, 0.1) is 12.8 Å². The van der Waals surface area contributed by atoms with Crippen molar-refractivity contribution in [1.82, 2.24) is 14.9 Å². The number of nitrogens with zero attached hydrogens (tertiary/aromatic N) is 2. The summed E-state index contributed by atoms with van der Waals surface area (Å²) in [5, 5.41) is 3.54. The van der Waals surface area contributed by atoms with Crippen molar-refractivity contribution in [3.05, 3.63) is 88.5 Å².